The lowest BCUT2D eigenvalue weighted by Crippen LogP contribution is -2.22. The minimum Gasteiger partial charge on any atom is -0.493 e. The third kappa shape index (κ3) is 3.20. The van der Waals surface area contributed by atoms with Crippen molar-refractivity contribution < 1.29 is 9.13 Å². The summed E-state index contributed by atoms with van der Waals surface area (Å²) in [4.78, 5) is 6.72. The Labute approximate surface area is 152 Å². The molecule has 1 aliphatic heterocycles. The molecule has 132 valence electrons. The highest BCUT2D eigenvalue weighted by molar-refractivity contribution is 5.79. The van der Waals surface area contributed by atoms with E-state index in [0.29, 0.717) is 19.8 Å². The van der Waals surface area contributed by atoms with Crippen LogP contribution in [-0.4, -0.2) is 18.3 Å². The fourth-order valence-corrected chi connectivity index (χ4v) is 3.22. The average molecular weight is 349 g/mol. The molecule has 2 heterocycles. The fourth-order valence-electron chi connectivity index (χ4n) is 3.22. The van der Waals surface area contributed by atoms with Crippen molar-refractivity contribution in [2.75, 3.05) is 23.5 Å². The molecule has 26 heavy (non-hydrogen) atoms. The summed E-state index contributed by atoms with van der Waals surface area (Å²) in [5.41, 5.74) is 3.96. The molecule has 1 N–H and O–H groups in total. The lowest BCUT2D eigenvalue weighted by molar-refractivity contribution is 0.341. The zero-order chi connectivity index (χ0) is 17.9. The quantitative estimate of drug-likeness (QED) is 0.726. The third-order valence-corrected chi connectivity index (χ3v) is 4.41. The van der Waals surface area contributed by atoms with E-state index < -0.39 is 0 Å². The molecule has 5 heteroatoms. The molecule has 0 saturated carbocycles. The van der Waals surface area contributed by atoms with E-state index in [1.54, 1.807) is 12.1 Å². The largest absolute Gasteiger partial charge is 0.493 e. The summed E-state index contributed by atoms with van der Waals surface area (Å²) in [6, 6.07) is 16.8. The summed E-state index contributed by atoms with van der Waals surface area (Å²) in [6.07, 6.45) is 1.86. The van der Waals surface area contributed by atoms with Gasteiger partial charge < -0.3 is 15.0 Å². The van der Waals surface area contributed by atoms with Crippen molar-refractivity contribution in [1.29, 1.82) is 0 Å². The average Bonchev–Trinajstić information content (AvgIpc) is 3.05. The van der Waals surface area contributed by atoms with E-state index in [4.69, 9.17) is 4.74 Å². The van der Waals surface area contributed by atoms with Crippen molar-refractivity contribution in [3.8, 4) is 16.9 Å². The number of halogens is 1. The van der Waals surface area contributed by atoms with Crippen molar-refractivity contribution in [2.24, 2.45) is 0 Å². The van der Waals surface area contributed by atoms with Gasteiger partial charge in [-0.15, -0.1) is 0 Å². The molecule has 0 spiro atoms. The molecule has 0 saturated heterocycles. The van der Waals surface area contributed by atoms with E-state index in [2.05, 4.69) is 21.3 Å². The number of pyridine rings is 1. The number of anilines is 2. The number of hydrogen-bond acceptors (Lipinski definition) is 4. The smallest absolute Gasteiger partial charge is 0.151 e. The predicted octanol–water partition coefficient (Wildman–Crippen LogP) is 4.68. The number of fused-ring (bicyclic) bond motifs is 1. The Morgan fingerprint density at radius 3 is 2.88 bits per heavy atom. The van der Waals surface area contributed by atoms with Crippen LogP contribution in [-0.2, 0) is 6.54 Å². The first-order chi connectivity index (χ1) is 12.7. The van der Waals surface area contributed by atoms with Crippen molar-refractivity contribution in [2.45, 2.75) is 13.5 Å². The van der Waals surface area contributed by atoms with E-state index >= 15 is 0 Å². The monoisotopic (exact) mass is 349 g/mol. The number of nitrogens with zero attached hydrogens (tertiary/aromatic N) is 2. The van der Waals surface area contributed by atoms with Crippen LogP contribution >= 0.6 is 0 Å². The predicted molar refractivity (Wildman–Crippen MR) is 102 cm³/mol. The zero-order valence-electron chi connectivity index (χ0n) is 14.6. The van der Waals surface area contributed by atoms with Crippen LogP contribution in [0.5, 0.6) is 5.75 Å². The molecule has 4 rings (SSSR count). The Bertz CT molecular complexity index is 929. The Morgan fingerprint density at radius 2 is 2.04 bits per heavy atom. The molecule has 1 aromatic heterocycles. The van der Waals surface area contributed by atoms with E-state index in [0.717, 1.165) is 33.9 Å². The molecule has 0 unspecified atom stereocenters. The van der Waals surface area contributed by atoms with Crippen molar-refractivity contribution in [1.82, 2.24) is 4.98 Å². The zero-order valence-corrected chi connectivity index (χ0v) is 14.6. The maximum absolute atomic E-state index is 13.5. The maximum atomic E-state index is 13.5. The first-order valence-corrected chi connectivity index (χ1v) is 8.70. The van der Waals surface area contributed by atoms with E-state index in [9.17, 15) is 4.39 Å². The van der Waals surface area contributed by atoms with E-state index in [-0.39, 0.29) is 5.82 Å². The lowest BCUT2D eigenvalue weighted by Gasteiger charge is -2.18. The number of benzene rings is 2. The summed E-state index contributed by atoms with van der Waals surface area (Å²) >= 11 is 0. The van der Waals surface area contributed by atoms with Crippen LogP contribution < -0.4 is 15.0 Å². The molecule has 1 aliphatic rings. The molecule has 3 aromatic rings. The summed E-state index contributed by atoms with van der Waals surface area (Å²) in [6.45, 7) is 3.86. The molecule has 0 atom stereocenters. The van der Waals surface area contributed by atoms with Gasteiger partial charge in [-0.25, -0.2) is 9.37 Å². The van der Waals surface area contributed by atoms with Gasteiger partial charge in [0.25, 0.3) is 0 Å². The standard InChI is InChI=1S/C21H20FN3O/c1-2-26-20-9-4-3-8-18(20)16-11-19-21(23-12-16)24-14-25(19)13-15-6-5-7-17(22)10-15/h3-12H,2,13-14H2,1H3,(H,23,24). The van der Waals surface area contributed by atoms with Crippen LogP contribution in [0.25, 0.3) is 11.1 Å². The number of aromatic nitrogens is 1. The van der Waals surface area contributed by atoms with E-state index in [1.165, 1.54) is 6.07 Å². The molecule has 2 aromatic carbocycles. The second-order valence-corrected chi connectivity index (χ2v) is 6.18. The van der Waals surface area contributed by atoms with Crippen molar-refractivity contribution >= 4 is 11.5 Å². The van der Waals surface area contributed by atoms with Gasteiger partial charge in [0, 0.05) is 23.9 Å². The number of ether oxygens (including phenoxy) is 1. The van der Waals surface area contributed by atoms with Crippen molar-refractivity contribution in [3.63, 3.8) is 0 Å². The van der Waals surface area contributed by atoms with Gasteiger partial charge in [0.2, 0.25) is 0 Å². The minimum atomic E-state index is -0.215. The van der Waals surface area contributed by atoms with Gasteiger partial charge in [-0.1, -0.05) is 30.3 Å². The highest BCUT2D eigenvalue weighted by Crippen LogP contribution is 2.37. The number of rotatable bonds is 5. The lowest BCUT2D eigenvalue weighted by atomic mass is 10.1. The first kappa shape index (κ1) is 16.4. The van der Waals surface area contributed by atoms with Gasteiger partial charge in [-0.3, -0.25) is 0 Å². The Balaban J connectivity index is 1.66. The van der Waals surface area contributed by atoms with Gasteiger partial charge in [0.15, 0.2) is 5.82 Å². The van der Waals surface area contributed by atoms with Gasteiger partial charge in [0.1, 0.15) is 11.6 Å². The topological polar surface area (TPSA) is 37.4 Å². The van der Waals surface area contributed by atoms with Crippen molar-refractivity contribution in [3.05, 3.63) is 72.2 Å². The highest BCUT2D eigenvalue weighted by Gasteiger charge is 2.21. The van der Waals surface area contributed by atoms with Crippen LogP contribution in [0.2, 0.25) is 0 Å². The number of nitrogens with one attached hydrogen (secondary N) is 1. The Morgan fingerprint density at radius 1 is 1.15 bits per heavy atom. The minimum absolute atomic E-state index is 0.215. The molecule has 4 nitrogen and oxygen atoms in total. The second-order valence-electron chi connectivity index (χ2n) is 6.18. The maximum Gasteiger partial charge on any atom is 0.151 e. The Hall–Kier alpha value is -3.08. The highest BCUT2D eigenvalue weighted by atomic mass is 19.1. The summed E-state index contributed by atoms with van der Waals surface area (Å²) in [7, 11) is 0. The third-order valence-electron chi connectivity index (χ3n) is 4.41. The van der Waals surface area contributed by atoms with Crippen LogP contribution in [0.15, 0.2) is 60.8 Å². The summed E-state index contributed by atoms with van der Waals surface area (Å²) in [5, 5.41) is 3.29. The van der Waals surface area contributed by atoms with Crippen LogP contribution in [0.3, 0.4) is 0 Å². The SMILES string of the molecule is CCOc1ccccc1-c1cnc2c(c1)N(Cc1cccc(F)c1)CN2. The molecule has 0 amide bonds. The number of para-hydroxylation sites is 1. The van der Waals surface area contributed by atoms with Gasteiger partial charge >= 0.3 is 0 Å². The molecule has 0 fully saturated rings. The normalized spacial score (nSPS) is 12.6. The first-order valence-electron chi connectivity index (χ1n) is 8.70. The number of hydrogen-bond donors (Lipinski definition) is 1. The van der Waals surface area contributed by atoms with E-state index in [1.807, 2.05) is 43.5 Å². The fraction of sp³-hybridized carbons (Fsp3) is 0.190. The molecule has 0 radical (unpaired) electrons. The van der Waals surface area contributed by atoms with Gasteiger partial charge in [0.05, 0.1) is 19.0 Å². The van der Waals surface area contributed by atoms with Gasteiger partial charge in [-0.2, -0.15) is 0 Å². The van der Waals surface area contributed by atoms with Crippen LogP contribution in [0.1, 0.15) is 12.5 Å². The summed E-state index contributed by atoms with van der Waals surface area (Å²) in [5.74, 6) is 1.48. The van der Waals surface area contributed by atoms with Crippen LogP contribution in [0, 0.1) is 5.82 Å². The molecular weight excluding hydrogens is 329 g/mol. The Kier molecular flexibility index (Phi) is 4.44. The molecule has 0 bridgehead atoms. The second kappa shape index (κ2) is 7.04. The molecular formula is C21H20FN3O. The van der Waals surface area contributed by atoms with Gasteiger partial charge in [-0.05, 0) is 36.8 Å². The summed E-state index contributed by atoms with van der Waals surface area (Å²) < 4.78 is 19.2. The molecule has 0 aliphatic carbocycles. The van der Waals surface area contributed by atoms with Crippen LogP contribution in [0.4, 0.5) is 15.9 Å².